The SMILES string of the molecule is COC(=O)c1cnc2oc(C)c(C3CC3)c2n1. The minimum absolute atomic E-state index is 0.225. The molecule has 3 rings (SSSR count). The van der Waals surface area contributed by atoms with Crippen LogP contribution >= 0.6 is 0 Å². The van der Waals surface area contributed by atoms with Crippen LogP contribution in [0.4, 0.5) is 0 Å². The topological polar surface area (TPSA) is 65.2 Å². The summed E-state index contributed by atoms with van der Waals surface area (Å²) in [5.41, 5.74) is 2.52. The molecule has 2 heterocycles. The summed E-state index contributed by atoms with van der Waals surface area (Å²) in [4.78, 5) is 19.8. The van der Waals surface area contributed by atoms with E-state index >= 15 is 0 Å². The third kappa shape index (κ3) is 1.58. The zero-order valence-electron chi connectivity index (χ0n) is 9.69. The van der Waals surface area contributed by atoms with E-state index in [1.807, 2.05) is 6.92 Å². The molecule has 0 radical (unpaired) electrons. The molecule has 5 heteroatoms. The van der Waals surface area contributed by atoms with Gasteiger partial charge < -0.3 is 9.15 Å². The molecule has 0 spiro atoms. The predicted molar refractivity (Wildman–Crippen MR) is 59.9 cm³/mol. The average molecular weight is 232 g/mol. The number of hydrogen-bond donors (Lipinski definition) is 0. The van der Waals surface area contributed by atoms with Gasteiger partial charge in [-0.3, -0.25) is 0 Å². The Labute approximate surface area is 97.8 Å². The monoisotopic (exact) mass is 232 g/mol. The van der Waals surface area contributed by atoms with Crippen molar-refractivity contribution in [3.8, 4) is 0 Å². The van der Waals surface area contributed by atoms with Crippen molar-refractivity contribution in [2.75, 3.05) is 7.11 Å². The lowest BCUT2D eigenvalue weighted by atomic mass is 10.1. The van der Waals surface area contributed by atoms with Gasteiger partial charge in [0.25, 0.3) is 0 Å². The van der Waals surface area contributed by atoms with Crippen LogP contribution < -0.4 is 0 Å². The summed E-state index contributed by atoms with van der Waals surface area (Å²) in [7, 11) is 1.33. The maximum atomic E-state index is 11.4. The van der Waals surface area contributed by atoms with Crippen LogP contribution in [0.15, 0.2) is 10.6 Å². The van der Waals surface area contributed by atoms with E-state index in [1.54, 1.807) is 0 Å². The van der Waals surface area contributed by atoms with Crippen LogP contribution in [0.2, 0.25) is 0 Å². The van der Waals surface area contributed by atoms with E-state index in [9.17, 15) is 4.79 Å². The van der Waals surface area contributed by atoms with E-state index < -0.39 is 5.97 Å². The van der Waals surface area contributed by atoms with Crippen LogP contribution in [0.3, 0.4) is 0 Å². The van der Waals surface area contributed by atoms with Crippen molar-refractivity contribution in [1.29, 1.82) is 0 Å². The molecule has 0 saturated heterocycles. The fraction of sp³-hybridized carbons (Fsp3) is 0.417. The average Bonchev–Trinajstić information content (AvgIpc) is 3.10. The van der Waals surface area contributed by atoms with Gasteiger partial charge in [0.15, 0.2) is 5.69 Å². The second-order valence-corrected chi connectivity index (χ2v) is 4.25. The fourth-order valence-corrected chi connectivity index (χ4v) is 2.05. The van der Waals surface area contributed by atoms with Crippen LogP contribution in [-0.4, -0.2) is 23.0 Å². The first-order valence-electron chi connectivity index (χ1n) is 5.55. The number of methoxy groups -OCH3 is 1. The van der Waals surface area contributed by atoms with Crippen molar-refractivity contribution in [2.24, 2.45) is 0 Å². The number of furan rings is 1. The smallest absolute Gasteiger partial charge is 0.358 e. The number of carbonyl (C=O) groups excluding carboxylic acids is 1. The third-order valence-electron chi connectivity index (χ3n) is 3.00. The molecule has 1 aliphatic rings. The van der Waals surface area contributed by atoms with Gasteiger partial charge in [0.1, 0.15) is 11.3 Å². The number of hydrogen-bond acceptors (Lipinski definition) is 5. The van der Waals surface area contributed by atoms with Crippen molar-refractivity contribution < 1.29 is 13.9 Å². The van der Waals surface area contributed by atoms with Gasteiger partial charge in [-0.25, -0.2) is 14.8 Å². The lowest BCUT2D eigenvalue weighted by Crippen LogP contribution is -2.04. The van der Waals surface area contributed by atoms with E-state index in [-0.39, 0.29) is 5.69 Å². The van der Waals surface area contributed by atoms with Crippen molar-refractivity contribution >= 4 is 17.2 Å². The number of aryl methyl sites for hydroxylation is 1. The van der Waals surface area contributed by atoms with Crippen molar-refractivity contribution in [1.82, 2.24) is 9.97 Å². The Balaban J connectivity index is 2.19. The first-order chi connectivity index (χ1) is 8.20. The summed E-state index contributed by atoms with van der Waals surface area (Å²) in [5, 5.41) is 0. The molecule has 5 nitrogen and oxygen atoms in total. The molecule has 1 aliphatic carbocycles. The molecule has 1 fully saturated rings. The molecule has 0 atom stereocenters. The molecular formula is C12H12N2O3. The molecule has 0 N–H and O–H groups in total. The van der Waals surface area contributed by atoms with E-state index in [0.717, 1.165) is 24.2 Å². The second-order valence-electron chi connectivity index (χ2n) is 4.25. The Kier molecular flexibility index (Phi) is 2.14. The number of fused-ring (bicyclic) bond motifs is 1. The Morgan fingerprint density at radius 3 is 2.94 bits per heavy atom. The minimum Gasteiger partial charge on any atom is -0.464 e. The lowest BCUT2D eigenvalue weighted by molar-refractivity contribution is 0.0594. The van der Waals surface area contributed by atoms with E-state index in [0.29, 0.717) is 17.1 Å². The summed E-state index contributed by atoms with van der Waals surface area (Å²) >= 11 is 0. The molecule has 17 heavy (non-hydrogen) atoms. The van der Waals surface area contributed by atoms with Gasteiger partial charge in [-0.15, -0.1) is 0 Å². The van der Waals surface area contributed by atoms with E-state index in [4.69, 9.17) is 4.42 Å². The molecule has 0 amide bonds. The Morgan fingerprint density at radius 2 is 2.29 bits per heavy atom. The van der Waals surface area contributed by atoms with Crippen molar-refractivity contribution in [2.45, 2.75) is 25.7 Å². The van der Waals surface area contributed by atoms with Crippen LogP contribution in [0.25, 0.3) is 11.2 Å². The van der Waals surface area contributed by atoms with Gasteiger partial charge in [-0.2, -0.15) is 0 Å². The fourth-order valence-electron chi connectivity index (χ4n) is 2.05. The van der Waals surface area contributed by atoms with Crippen LogP contribution in [-0.2, 0) is 4.74 Å². The standard InChI is InChI=1S/C12H12N2O3/c1-6-9(7-3-4-7)10-11(17-6)13-5-8(14-10)12(15)16-2/h5,7H,3-4H2,1-2H3. The zero-order valence-corrected chi connectivity index (χ0v) is 9.69. The quantitative estimate of drug-likeness (QED) is 0.742. The summed E-state index contributed by atoms with van der Waals surface area (Å²) in [6.45, 7) is 1.91. The normalized spacial score (nSPS) is 15.2. The summed E-state index contributed by atoms with van der Waals surface area (Å²) in [6.07, 6.45) is 3.69. The molecule has 0 aromatic carbocycles. The Hall–Kier alpha value is -1.91. The highest BCUT2D eigenvalue weighted by molar-refractivity contribution is 5.89. The number of esters is 1. The number of aromatic nitrogens is 2. The zero-order chi connectivity index (χ0) is 12.0. The van der Waals surface area contributed by atoms with Gasteiger partial charge >= 0.3 is 5.97 Å². The molecule has 1 saturated carbocycles. The molecule has 0 bridgehead atoms. The summed E-state index contributed by atoms with van der Waals surface area (Å²) < 4.78 is 10.2. The van der Waals surface area contributed by atoms with Gasteiger partial charge in [0.05, 0.1) is 13.3 Å². The second kappa shape index (κ2) is 3.55. The first kappa shape index (κ1) is 10.3. The highest BCUT2D eigenvalue weighted by Gasteiger charge is 2.31. The summed E-state index contributed by atoms with van der Waals surface area (Å²) in [6, 6.07) is 0. The van der Waals surface area contributed by atoms with E-state index in [1.165, 1.54) is 13.3 Å². The van der Waals surface area contributed by atoms with Crippen LogP contribution in [0, 0.1) is 6.92 Å². The van der Waals surface area contributed by atoms with Crippen LogP contribution in [0.1, 0.15) is 40.6 Å². The third-order valence-corrected chi connectivity index (χ3v) is 3.00. The molecule has 0 aliphatic heterocycles. The van der Waals surface area contributed by atoms with Crippen molar-refractivity contribution in [3.63, 3.8) is 0 Å². The number of carbonyl (C=O) groups is 1. The molecule has 88 valence electrons. The number of rotatable bonds is 2. The highest BCUT2D eigenvalue weighted by Crippen LogP contribution is 2.45. The van der Waals surface area contributed by atoms with Crippen LogP contribution in [0.5, 0.6) is 0 Å². The lowest BCUT2D eigenvalue weighted by Gasteiger charge is -1.98. The van der Waals surface area contributed by atoms with Gasteiger partial charge in [-0.1, -0.05) is 0 Å². The van der Waals surface area contributed by atoms with Gasteiger partial charge in [0.2, 0.25) is 5.71 Å². The maximum absolute atomic E-state index is 11.4. The molecule has 0 unspecified atom stereocenters. The molecule has 2 aromatic heterocycles. The first-order valence-corrected chi connectivity index (χ1v) is 5.55. The molecule has 2 aromatic rings. The number of ether oxygens (including phenoxy) is 1. The van der Waals surface area contributed by atoms with Crippen molar-refractivity contribution in [3.05, 3.63) is 23.2 Å². The minimum atomic E-state index is -0.472. The largest absolute Gasteiger partial charge is 0.464 e. The highest BCUT2D eigenvalue weighted by atomic mass is 16.5. The Morgan fingerprint density at radius 1 is 1.53 bits per heavy atom. The predicted octanol–water partition coefficient (Wildman–Crippen LogP) is 2.20. The van der Waals surface area contributed by atoms with E-state index in [2.05, 4.69) is 14.7 Å². The number of nitrogens with zero attached hydrogens (tertiary/aromatic N) is 2. The van der Waals surface area contributed by atoms with Gasteiger partial charge in [0, 0.05) is 5.56 Å². The van der Waals surface area contributed by atoms with Gasteiger partial charge in [-0.05, 0) is 25.7 Å². The Bertz CT molecular complexity index is 599. The maximum Gasteiger partial charge on any atom is 0.358 e. The molecular weight excluding hydrogens is 220 g/mol. The summed E-state index contributed by atoms with van der Waals surface area (Å²) in [5.74, 6) is 0.892.